The molecule has 0 fully saturated rings. The average Bonchev–Trinajstić information content (AvgIpc) is 2.79. The predicted molar refractivity (Wildman–Crippen MR) is 89.5 cm³/mol. The van der Waals surface area contributed by atoms with Crippen molar-refractivity contribution in [1.29, 1.82) is 0 Å². The summed E-state index contributed by atoms with van der Waals surface area (Å²) in [7, 11) is 5.85. The van der Waals surface area contributed by atoms with Crippen LogP contribution in [0.3, 0.4) is 0 Å². The SMILES string of the molecule is CN(C)CC(C)(O)CNCc1cn(C)nc1-c1ccccc1. The minimum Gasteiger partial charge on any atom is -0.388 e. The second-order valence-corrected chi connectivity index (χ2v) is 6.38. The number of nitrogens with zero attached hydrogens (tertiary/aromatic N) is 3. The van der Waals surface area contributed by atoms with E-state index >= 15 is 0 Å². The van der Waals surface area contributed by atoms with E-state index in [1.165, 1.54) is 0 Å². The van der Waals surface area contributed by atoms with Crippen LogP contribution in [-0.2, 0) is 13.6 Å². The second-order valence-electron chi connectivity index (χ2n) is 6.38. The second kappa shape index (κ2) is 7.05. The zero-order valence-electron chi connectivity index (χ0n) is 13.9. The summed E-state index contributed by atoms with van der Waals surface area (Å²) in [5.74, 6) is 0. The highest BCUT2D eigenvalue weighted by molar-refractivity contribution is 5.62. The van der Waals surface area contributed by atoms with Gasteiger partial charge in [0.2, 0.25) is 0 Å². The van der Waals surface area contributed by atoms with Gasteiger partial charge < -0.3 is 15.3 Å². The van der Waals surface area contributed by atoms with Gasteiger partial charge in [-0.2, -0.15) is 5.10 Å². The number of nitrogens with one attached hydrogen (secondary N) is 1. The van der Waals surface area contributed by atoms with Crippen LogP contribution in [0.1, 0.15) is 12.5 Å². The number of benzene rings is 1. The van der Waals surface area contributed by atoms with Crippen molar-refractivity contribution >= 4 is 0 Å². The molecule has 1 heterocycles. The molecule has 1 aromatic carbocycles. The smallest absolute Gasteiger partial charge is 0.0967 e. The van der Waals surface area contributed by atoms with Gasteiger partial charge >= 0.3 is 0 Å². The number of hydrogen-bond donors (Lipinski definition) is 2. The molecule has 0 bridgehead atoms. The van der Waals surface area contributed by atoms with Crippen LogP contribution >= 0.6 is 0 Å². The number of aryl methyl sites for hydroxylation is 1. The molecule has 0 aliphatic heterocycles. The highest BCUT2D eigenvalue weighted by atomic mass is 16.3. The van der Waals surface area contributed by atoms with Gasteiger partial charge in [0, 0.05) is 44.0 Å². The van der Waals surface area contributed by atoms with Crippen molar-refractivity contribution in [3.05, 3.63) is 42.1 Å². The summed E-state index contributed by atoms with van der Waals surface area (Å²) in [4.78, 5) is 1.99. The van der Waals surface area contributed by atoms with Gasteiger partial charge in [-0.25, -0.2) is 0 Å². The lowest BCUT2D eigenvalue weighted by Gasteiger charge is -2.27. The number of rotatable bonds is 7. The van der Waals surface area contributed by atoms with Crippen molar-refractivity contribution in [1.82, 2.24) is 20.0 Å². The summed E-state index contributed by atoms with van der Waals surface area (Å²) in [6, 6.07) is 10.2. The maximum absolute atomic E-state index is 10.3. The first-order valence-electron chi connectivity index (χ1n) is 7.53. The summed E-state index contributed by atoms with van der Waals surface area (Å²) in [5.41, 5.74) is 2.48. The largest absolute Gasteiger partial charge is 0.388 e. The lowest BCUT2D eigenvalue weighted by atomic mass is 10.1. The molecular formula is C17H26N4O. The maximum atomic E-state index is 10.3. The van der Waals surface area contributed by atoms with Crippen LogP contribution in [0.15, 0.2) is 36.5 Å². The van der Waals surface area contributed by atoms with E-state index in [0.717, 1.165) is 16.8 Å². The van der Waals surface area contributed by atoms with Crippen LogP contribution in [0.2, 0.25) is 0 Å². The first-order valence-corrected chi connectivity index (χ1v) is 7.53. The molecule has 2 N–H and O–H groups in total. The summed E-state index contributed by atoms with van der Waals surface area (Å²) < 4.78 is 1.83. The third-order valence-corrected chi connectivity index (χ3v) is 3.43. The van der Waals surface area contributed by atoms with Crippen LogP contribution in [0.25, 0.3) is 11.3 Å². The van der Waals surface area contributed by atoms with Crippen LogP contribution < -0.4 is 5.32 Å². The summed E-state index contributed by atoms with van der Waals surface area (Å²) in [5, 5.41) is 18.2. The zero-order chi connectivity index (χ0) is 16.2. The minimum atomic E-state index is -0.751. The normalized spacial score (nSPS) is 14.3. The summed E-state index contributed by atoms with van der Waals surface area (Å²) >= 11 is 0. The van der Waals surface area contributed by atoms with Crippen molar-refractivity contribution in [2.45, 2.75) is 19.1 Å². The summed E-state index contributed by atoms with van der Waals surface area (Å²) in [6.07, 6.45) is 2.02. The molecule has 0 amide bonds. The summed E-state index contributed by atoms with van der Waals surface area (Å²) in [6.45, 7) is 3.69. The van der Waals surface area contributed by atoms with Gasteiger partial charge in [0.1, 0.15) is 0 Å². The molecule has 22 heavy (non-hydrogen) atoms. The Morgan fingerprint density at radius 1 is 1.27 bits per heavy atom. The molecule has 0 aliphatic carbocycles. The molecule has 0 saturated carbocycles. The van der Waals surface area contributed by atoms with Crippen LogP contribution in [0, 0.1) is 0 Å². The van der Waals surface area contributed by atoms with E-state index in [1.54, 1.807) is 0 Å². The molecule has 0 spiro atoms. The van der Waals surface area contributed by atoms with Gasteiger partial charge in [-0.15, -0.1) is 0 Å². The molecule has 1 unspecified atom stereocenters. The zero-order valence-corrected chi connectivity index (χ0v) is 13.9. The van der Waals surface area contributed by atoms with Crippen molar-refractivity contribution in [3.8, 4) is 11.3 Å². The quantitative estimate of drug-likeness (QED) is 0.814. The van der Waals surface area contributed by atoms with E-state index in [9.17, 15) is 5.11 Å². The van der Waals surface area contributed by atoms with Gasteiger partial charge in [-0.05, 0) is 21.0 Å². The van der Waals surface area contributed by atoms with Gasteiger partial charge in [0.25, 0.3) is 0 Å². The van der Waals surface area contributed by atoms with Crippen molar-refractivity contribution < 1.29 is 5.11 Å². The Balaban J connectivity index is 2.02. The van der Waals surface area contributed by atoms with E-state index in [4.69, 9.17) is 0 Å². The molecule has 1 aromatic heterocycles. The van der Waals surface area contributed by atoms with Crippen LogP contribution in [-0.4, -0.2) is 52.6 Å². The van der Waals surface area contributed by atoms with E-state index in [1.807, 2.05) is 62.0 Å². The van der Waals surface area contributed by atoms with Crippen LogP contribution in [0.5, 0.6) is 0 Å². The molecule has 1 atom stereocenters. The Labute approximate surface area is 132 Å². The van der Waals surface area contributed by atoms with Gasteiger partial charge in [-0.3, -0.25) is 4.68 Å². The Hall–Kier alpha value is -1.69. The number of likely N-dealkylation sites (N-methyl/N-ethyl adjacent to an activating group) is 1. The number of aliphatic hydroxyl groups is 1. The van der Waals surface area contributed by atoms with E-state index < -0.39 is 5.60 Å². The monoisotopic (exact) mass is 302 g/mol. The molecule has 0 aliphatic rings. The fourth-order valence-corrected chi connectivity index (χ4v) is 2.71. The molecule has 0 radical (unpaired) electrons. The molecule has 5 heteroatoms. The van der Waals surface area contributed by atoms with Crippen molar-refractivity contribution in [2.75, 3.05) is 27.2 Å². The molecule has 2 rings (SSSR count). The van der Waals surface area contributed by atoms with Gasteiger partial charge in [0.15, 0.2) is 0 Å². The minimum absolute atomic E-state index is 0.536. The van der Waals surface area contributed by atoms with Crippen LogP contribution in [0.4, 0.5) is 0 Å². The first-order chi connectivity index (χ1) is 10.4. The van der Waals surface area contributed by atoms with E-state index in [-0.39, 0.29) is 0 Å². The standard InChI is InChI=1S/C17H26N4O/c1-17(22,13-20(2)3)12-18-10-15-11-21(4)19-16(15)14-8-6-5-7-9-14/h5-9,11,18,22H,10,12-13H2,1-4H3. The highest BCUT2D eigenvalue weighted by Crippen LogP contribution is 2.21. The van der Waals surface area contributed by atoms with Gasteiger partial charge in [-0.1, -0.05) is 30.3 Å². The molecular weight excluding hydrogens is 276 g/mol. The van der Waals surface area contributed by atoms with Crippen molar-refractivity contribution in [2.24, 2.45) is 7.05 Å². The third kappa shape index (κ3) is 4.66. The number of hydrogen-bond acceptors (Lipinski definition) is 4. The Kier molecular flexibility index (Phi) is 5.34. The van der Waals surface area contributed by atoms with E-state index in [2.05, 4.69) is 22.5 Å². The molecule has 5 nitrogen and oxygen atoms in total. The number of aromatic nitrogens is 2. The lowest BCUT2D eigenvalue weighted by Crippen LogP contribution is -2.45. The average molecular weight is 302 g/mol. The molecule has 0 saturated heterocycles. The van der Waals surface area contributed by atoms with E-state index in [0.29, 0.717) is 19.6 Å². The highest BCUT2D eigenvalue weighted by Gasteiger charge is 2.21. The Morgan fingerprint density at radius 3 is 2.59 bits per heavy atom. The van der Waals surface area contributed by atoms with Gasteiger partial charge in [0.05, 0.1) is 11.3 Å². The Bertz CT molecular complexity index is 590. The molecule has 120 valence electrons. The maximum Gasteiger partial charge on any atom is 0.0967 e. The van der Waals surface area contributed by atoms with Crippen molar-refractivity contribution in [3.63, 3.8) is 0 Å². The topological polar surface area (TPSA) is 53.3 Å². The Morgan fingerprint density at radius 2 is 1.95 bits per heavy atom. The first kappa shape index (κ1) is 16.7. The lowest BCUT2D eigenvalue weighted by molar-refractivity contribution is 0.0336. The molecule has 2 aromatic rings. The fourth-order valence-electron chi connectivity index (χ4n) is 2.71. The fraction of sp³-hybridized carbons (Fsp3) is 0.471. The third-order valence-electron chi connectivity index (χ3n) is 3.43. The predicted octanol–water partition coefficient (Wildman–Crippen LogP) is 1.49.